The molecule has 0 aliphatic carbocycles. The van der Waals surface area contributed by atoms with E-state index >= 15 is 0 Å². The average Bonchev–Trinajstić information content (AvgIpc) is 2.96. The van der Waals surface area contributed by atoms with Gasteiger partial charge >= 0.3 is 12.1 Å². The highest BCUT2D eigenvalue weighted by molar-refractivity contribution is 5.81. The number of para-hydroxylation sites is 1. The summed E-state index contributed by atoms with van der Waals surface area (Å²) in [5.74, 6) is -0.561. The number of benzene rings is 1. The maximum atomic E-state index is 12.0. The van der Waals surface area contributed by atoms with Gasteiger partial charge in [0, 0.05) is 18.0 Å². The molecule has 7 heteroatoms. The first-order valence-electron chi connectivity index (χ1n) is 9.18. The topological polar surface area (TPSA) is 92.0 Å². The Morgan fingerprint density at radius 2 is 2.07 bits per heavy atom. The van der Waals surface area contributed by atoms with Crippen molar-refractivity contribution >= 4 is 23.0 Å². The van der Waals surface area contributed by atoms with Gasteiger partial charge in [-0.1, -0.05) is 18.2 Å². The van der Waals surface area contributed by atoms with Crippen LogP contribution < -0.4 is 5.32 Å². The van der Waals surface area contributed by atoms with E-state index in [9.17, 15) is 14.7 Å². The Balaban J connectivity index is 1.74. The Morgan fingerprint density at radius 1 is 1.33 bits per heavy atom. The molecule has 2 heterocycles. The number of carbonyl (C=O) groups excluding carboxylic acids is 1. The molecule has 2 N–H and O–H groups in total. The normalized spacial score (nSPS) is 19.6. The summed E-state index contributed by atoms with van der Waals surface area (Å²) in [7, 11) is 0. The second kappa shape index (κ2) is 7.60. The van der Waals surface area contributed by atoms with Crippen molar-refractivity contribution < 1.29 is 23.8 Å². The van der Waals surface area contributed by atoms with Crippen LogP contribution in [0.2, 0.25) is 0 Å². The number of piperidine rings is 1. The third-order valence-corrected chi connectivity index (χ3v) is 4.49. The van der Waals surface area contributed by atoms with Crippen molar-refractivity contribution in [2.45, 2.75) is 51.3 Å². The Morgan fingerprint density at radius 3 is 2.74 bits per heavy atom. The van der Waals surface area contributed by atoms with Gasteiger partial charge in [0.25, 0.3) is 0 Å². The van der Waals surface area contributed by atoms with Gasteiger partial charge in [-0.05, 0) is 52.3 Å². The lowest BCUT2D eigenvalue weighted by molar-refractivity contribution is -0.144. The molecule has 0 saturated carbocycles. The van der Waals surface area contributed by atoms with E-state index in [1.807, 2.05) is 49.9 Å². The largest absolute Gasteiger partial charge is 0.480 e. The monoisotopic (exact) mass is 374 g/mol. The van der Waals surface area contributed by atoms with E-state index in [1.54, 1.807) is 6.07 Å². The molecule has 1 fully saturated rings. The zero-order valence-corrected chi connectivity index (χ0v) is 15.9. The summed E-state index contributed by atoms with van der Waals surface area (Å²) in [5.41, 5.74) is 0.0928. The first-order chi connectivity index (χ1) is 12.7. The van der Waals surface area contributed by atoms with E-state index in [4.69, 9.17) is 9.15 Å². The van der Waals surface area contributed by atoms with E-state index in [-0.39, 0.29) is 6.04 Å². The molecule has 146 valence electrons. The molecule has 3 rings (SSSR count). The van der Waals surface area contributed by atoms with Crippen LogP contribution in [0.1, 0.15) is 45.4 Å². The third-order valence-electron chi connectivity index (χ3n) is 4.49. The molecule has 2 aromatic rings. The molecule has 2 atom stereocenters. The van der Waals surface area contributed by atoms with Gasteiger partial charge in [-0.15, -0.1) is 0 Å². The van der Waals surface area contributed by atoms with E-state index < -0.39 is 23.7 Å². The van der Waals surface area contributed by atoms with Crippen molar-refractivity contribution in [2.24, 2.45) is 0 Å². The fraction of sp³-hybridized carbons (Fsp3) is 0.500. The highest BCUT2D eigenvalue weighted by atomic mass is 16.6. The predicted molar refractivity (Wildman–Crippen MR) is 101 cm³/mol. The minimum atomic E-state index is -0.966. The Labute approximate surface area is 158 Å². The molecule has 1 saturated heterocycles. The summed E-state index contributed by atoms with van der Waals surface area (Å²) in [6.07, 6.45) is 1.08. The van der Waals surface area contributed by atoms with Crippen molar-refractivity contribution in [3.63, 3.8) is 0 Å². The van der Waals surface area contributed by atoms with Crippen LogP contribution in [0.25, 0.3) is 11.0 Å². The van der Waals surface area contributed by atoms with E-state index in [1.165, 1.54) is 0 Å². The van der Waals surface area contributed by atoms with Crippen molar-refractivity contribution in [3.05, 3.63) is 36.1 Å². The fourth-order valence-electron chi connectivity index (χ4n) is 3.43. The first-order valence-corrected chi connectivity index (χ1v) is 9.18. The van der Waals surface area contributed by atoms with Crippen LogP contribution in [0.4, 0.5) is 4.79 Å². The van der Waals surface area contributed by atoms with Gasteiger partial charge in [0.2, 0.25) is 0 Å². The number of fused-ring (bicyclic) bond motifs is 1. The predicted octanol–water partition coefficient (Wildman–Crippen LogP) is 3.55. The highest BCUT2D eigenvalue weighted by Gasteiger charge is 2.35. The number of carboxylic acid groups (broad SMARTS) is 1. The number of carboxylic acids is 1. The van der Waals surface area contributed by atoms with E-state index in [0.29, 0.717) is 24.4 Å². The molecule has 1 aliphatic rings. The number of alkyl carbamates (subject to hydrolysis) is 1. The zero-order chi connectivity index (χ0) is 19.6. The summed E-state index contributed by atoms with van der Waals surface area (Å²) in [5, 5.41) is 13.5. The second-order valence-electron chi connectivity index (χ2n) is 7.91. The number of hydrogen-bond acceptors (Lipinski definition) is 5. The number of ether oxygens (including phenoxy) is 1. The smallest absolute Gasteiger partial charge is 0.407 e. The number of hydrogen-bond donors (Lipinski definition) is 2. The maximum absolute atomic E-state index is 12.0. The molecule has 1 aromatic carbocycles. The lowest BCUT2D eigenvalue weighted by Gasteiger charge is -2.36. The number of nitrogens with zero attached hydrogens (tertiary/aromatic N) is 1. The minimum absolute atomic E-state index is 0.167. The highest BCUT2D eigenvalue weighted by Crippen LogP contribution is 2.30. The van der Waals surface area contributed by atoms with Crippen LogP contribution in [0.15, 0.2) is 34.7 Å². The fourth-order valence-corrected chi connectivity index (χ4v) is 3.43. The summed E-state index contributed by atoms with van der Waals surface area (Å²) < 4.78 is 11.1. The van der Waals surface area contributed by atoms with Crippen LogP contribution >= 0.6 is 0 Å². The van der Waals surface area contributed by atoms with Crippen LogP contribution in [0.3, 0.4) is 0 Å². The SMILES string of the molecule is CC(C)(C)OC(=O)NC1CCCN(C(C(=O)O)c2cc3ccccc3o2)C1. The van der Waals surface area contributed by atoms with Crippen LogP contribution in [-0.4, -0.2) is 46.8 Å². The molecule has 0 radical (unpaired) electrons. The van der Waals surface area contributed by atoms with Gasteiger partial charge in [-0.25, -0.2) is 4.79 Å². The molecule has 1 aliphatic heterocycles. The van der Waals surface area contributed by atoms with Gasteiger partial charge in [0.1, 0.15) is 16.9 Å². The number of likely N-dealkylation sites (tertiary alicyclic amines) is 1. The van der Waals surface area contributed by atoms with Crippen molar-refractivity contribution in [2.75, 3.05) is 13.1 Å². The number of carbonyl (C=O) groups is 2. The third kappa shape index (κ3) is 4.80. The molecule has 27 heavy (non-hydrogen) atoms. The number of rotatable bonds is 4. The van der Waals surface area contributed by atoms with Gasteiger partial charge < -0.3 is 19.6 Å². The van der Waals surface area contributed by atoms with Gasteiger partial charge in [0.05, 0.1) is 0 Å². The average molecular weight is 374 g/mol. The Kier molecular flexibility index (Phi) is 5.41. The van der Waals surface area contributed by atoms with E-state index in [2.05, 4.69) is 5.32 Å². The lowest BCUT2D eigenvalue weighted by Crippen LogP contribution is -2.50. The number of furan rings is 1. The van der Waals surface area contributed by atoms with Crippen molar-refractivity contribution in [1.29, 1.82) is 0 Å². The molecular formula is C20H26N2O5. The molecule has 0 bridgehead atoms. The quantitative estimate of drug-likeness (QED) is 0.850. The summed E-state index contributed by atoms with van der Waals surface area (Å²) in [6, 6.07) is 8.18. The van der Waals surface area contributed by atoms with Crippen LogP contribution in [0.5, 0.6) is 0 Å². The van der Waals surface area contributed by atoms with Gasteiger partial charge in [-0.2, -0.15) is 0 Å². The van der Waals surface area contributed by atoms with Crippen molar-refractivity contribution in [1.82, 2.24) is 10.2 Å². The Hall–Kier alpha value is -2.54. The molecule has 7 nitrogen and oxygen atoms in total. The zero-order valence-electron chi connectivity index (χ0n) is 15.9. The van der Waals surface area contributed by atoms with Gasteiger partial charge in [0.15, 0.2) is 6.04 Å². The van der Waals surface area contributed by atoms with Gasteiger partial charge in [-0.3, -0.25) is 9.69 Å². The standard InChI is InChI=1S/C20H26N2O5/c1-20(2,3)27-19(25)21-14-8-6-10-22(12-14)17(18(23)24)16-11-13-7-4-5-9-15(13)26-16/h4-5,7,9,11,14,17H,6,8,10,12H2,1-3H3,(H,21,25)(H,23,24). The Bertz CT molecular complexity index is 790. The maximum Gasteiger partial charge on any atom is 0.407 e. The summed E-state index contributed by atoms with van der Waals surface area (Å²) in [4.78, 5) is 25.9. The minimum Gasteiger partial charge on any atom is -0.480 e. The lowest BCUT2D eigenvalue weighted by atomic mass is 10.0. The number of amides is 1. The molecular weight excluding hydrogens is 348 g/mol. The number of nitrogens with one attached hydrogen (secondary N) is 1. The summed E-state index contributed by atoms with van der Waals surface area (Å²) >= 11 is 0. The number of aliphatic carboxylic acids is 1. The van der Waals surface area contributed by atoms with Crippen molar-refractivity contribution in [3.8, 4) is 0 Å². The van der Waals surface area contributed by atoms with Crippen LogP contribution in [-0.2, 0) is 9.53 Å². The summed E-state index contributed by atoms with van der Waals surface area (Å²) in [6.45, 7) is 6.47. The molecule has 0 spiro atoms. The first kappa shape index (κ1) is 19.2. The second-order valence-corrected chi connectivity index (χ2v) is 7.91. The molecule has 2 unspecified atom stereocenters. The van der Waals surface area contributed by atoms with E-state index in [0.717, 1.165) is 18.2 Å². The van der Waals surface area contributed by atoms with Crippen LogP contribution in [0, 0.1) is 0 Å². The molecule has 1 amide bonds. The molecule has 1 aromatic heterocycles.